The van der Waals surface area contributed by atoms with Gasteiger partial charge in [0.2, 0.25) is 5.91 Å². The summed E-state index contributed by atoms with van der Waals surface area (Å²) in [5, 5.41) is 3.83. The van der Waals surface area contributed by atoms with Gasteiger partial charge in [-0.15, -0.1) is 0 Å². The van der Waals surface area contributed by atoms with Gasteiger partial charge in [0.15, 0.2) is 6.61 Å². The zero-order chi connectivity index (χ0) is 23.8. The highest BCUT2D eigenvalue weighted by Gasteiger charge is 2.30. The van der Waals surface area contributed by atoms with Crippen LogP contribution in [0.5, 0.6) is 5.75 Å². The first kappa shape index (κ1) is 25.1. The third-order valence-electron chi connectivity index (χ3n) is 6.30. The molecule has 2 aromatic carbocycles. The van der Waals surface area contributed by atoms with E-state index in [1.165, 1.54) is 6.42 Å². The second kappa shape index (κ2) is 12.1. The minimum absolute atomic E-state index is 0.0848. The lowest BCUT2D eigenvalue weighted by atomic mass is 9.95. The zero-order valence-corrected chi connectivity index (χ0v) is 20.7. The fourth-order valence-corrected chi connectivity index (χ4v) is 4.46. The zero-order valence-electron chi connectivity index (χ0n) is 19.9. The van der Waals surface area contributed by atoms with Gasteiger partial charge in [0.1, 0.15) is 11.8 Å². The first-order chi connectivity index (χ1) is 15.9. The van der Waals surface area contributed by atoms with Crippen LogP contribution in [0.15, 0.2) is 42.5 Å². The number of nitrogens with zero attached hydrogens (tertiary/aromatic N) is 1. The molecule has 0 aromatic heterocycles. The number of ether oxygens (including phenoxy) is 1. The monoisotopic (exact) mass is 470 g/mol. The summed E-state index contributed by atoms with van der Waals surface area (Å²) in [7, 11) is 0. The molecule has 178 valence electrons. The molecule has 0 spiro atoms. The number of halogens is 1. The smallest absolute Gasteiger partial charge is 0.261 e. The van der Waals surface area contributed by atoms with Gasteiger partial charge in [-0.2, -0.15) is 0 Å². The minimum Gasteiger partial charge on any atom is -0.483 e. The van der Waals surface area contributed by atoms with Gasteiger partial charge in [-0.25, -0.2) is 0 Å². The maximum absolute atomic E-state index is 13.4. The van der Waals surface area contributed by atoms with Gasteiger partial charge >= 0.3 is 0 Å². The van der Waals surface area contributed by atoms with Crippen molar-refractivity contribution in [2.45, 2.75) is 77.9 Å². The van der Waals surface area contributed by atoms with Crippen LogP contribution in [0.3, 0.4) is 0 Å². The molecular formula is C27H35ClN2O3. The first-order valence-electron chi connectivity index (χ1n) is 11.9. The molecule has 0 aliphatic heterocycles. The number of benzene rings is 2. The lowest BCUT2D eigenvalue weighted by Crippen LogP contribution is -2.52. The summed E-state index contributed by atoms with van der Waals surface area (Å²) in [5.74, 6) is 0.393. The molecule has 5 nitrogen and oxygen atoms in total. The van der Waals surface area contributed by atoms with Gasteiger partial charge in [0.25, 0.3) is 5.91 Å². The molecule has 2 amide bonds. The average molecular weight is 471 g/mol. The van der Waals surface area contributed by atoms with Crippen molar-refractivity contribution >= 4 is 23.4 Å². The fraction of sp³-hybridized carbons (Fsp3) is 0.481. The third-order valence-corrected chi connectivity index (χ3v) is 6.55. The summed E-state index contributed by atoms with van der Waals surface area (Å²) in [6, 6.07) is 12.9. The van der Waals surface area contributed by atoms with Crippen molar-refractivity contribution in [1.82, 2.24) is 10.2 Å². The Kier molecular flexibility index (Phi) is 9.19. The van der Waals surface area contributed by atoms with E-state index < -0.39 is 6.04 Å². The Labute approximate surface area is 202 Å². The van der Waals surface area contributed by atoms with Crippen LogP contribution in [0.25, 0.3) is 0 Å². The summed E-state index contributed by atoms with van der Waals surface area (Å²) in [6.07, 6.45) is 6.03. The van der Waals surface area contributed by atoms with E-state index in [1.54, 1.807) is 17.0 Å². The first-order valence-corrected chi connectivity index (χ1v) is 12.3. The van der Waals surface area contributed by atoms with E-state index in [1.807, 2.05) is 51.1 Å². The number of carbonyl (C=O) groups excluding carboxylic acids is 2. The van der Waals surface area contributed by atoms with Crippen LogP contribution in [0.1, 0.15) is 62.1 Å². The molecule has 1 saturated carbocycles. The van der Waals surface area contributed by atoms with Crippen LogP contribution < -0.4 is 10.1 Å². The van der Waals surface area contributed by atoms with Crippen LogP contribution in [0.4, 0.5) is 0 Å². The van der Waals surface area contributed by atoms with Crippen LogP contribution in [-0.4, -0.2) is 35.4 Å². The van der Waals surface area contributed by atoms with Crippen molar-refractivity contribution in [1.29, 1.82) is 0 Å². The molecule has 1 unspecified atom stereocenters. The fourth-order valence-electron chi connectivity index (χ4n) is 4.34. The topological polar surface area (TPSA) is 58.6 Å². The molecule has 0 radical (unpaired) electrons. The van der Waals surface area contributed by atoms with Gasteiger partial charge in [-0.3, -0.25) is 9.59 Å². The summed E-state index contributed by atoms with van der Waals surface area (Å²) in [6.45, 7) is 6.09. The number of hydrogen-bond donors (Lipinski definition) is 1. The van der Waals surface area contributed by atoms with Gasteiger partial charge in [0.05, 0.1) is 0 Å². The van der Waals surface area contributed by atoms with Crippen molar-refractivity contribution in [2.75, 3.05) is 6.61 Å². The summed E-state index contributed by atoms with van der Waals surface area (Å²) in [5.41, 5.74) is 2.96. The summed E-state index contributed by atoms with van der Waals surface area (Å²) < 4.78 is 5.90. The SMILES string of the molecule is CCC(C(=O)NC1CCCCC1)N(Cc1ccc(Cl)cc1)C(=O)COc1cc(C)ccc1C. The van der Waals surface area contributed by atoms with E-state index in [0.717, 1.165) is 42.4 Å². The lowest BCUT2D eigenvalue weighted by molar-refractivity contribution is -0.143. The molecule has 0 heterocycles. The van der Waals surface area contributed by atoms with Crippen molar-refractivity contribution in [3.8, 4) is 5.75 Å². The highest BCUT2D eigenvalue weighted by Crippen LogP contribution is 2.21. The Hall–Kier alpha value is -2.53. The number of hydrogen-bond acceptors (Lipinski definition) is 3. The van der Waals surface area contributed by atoms with Crippen LogP contribution in [0, 0.1) is 13.8 Å². The van der Waals surface area contributed by atoms with E-state index >= 15 is 0 Å². The summed E-state index contributed by atoms with van der Waals surface area (Å²) in [4.78, 5) is 28.3. The molecule has 1 atom stereocenters. The number of nitrogens with one attached hydrogen (secondary N) is 1. The van der Waals surface area contributed by atoms with Gasteiger partial charge in [0, 0.05) is 17.6 Å². The number of aryl methyl sites for hydroxylation is 2. The summed E-state index contributed by atoms with van der Waals surface area (Å²) >= 11 is 6.04. The molecular weight excluding hydrogens is 436 g/mol. The standard InChI is InChI=1S/C27H35ClN2O3/c1-4-24(27(32)29-23-8-6-5-7-9-23)30(17-21-12-14-22(28)15-13-21)26(31)18-33-25-16-19(2)10-11-20(25)3/h10-16,23-24H,4-9,17-18H2,1-3H3,(H,29,32). The van der Waals surface area contributed by atoms with E-state index in [2.05, 4.69) is 5.32 Å². The number of carbonyl (C=O) groups is 2. The second-order valence-corrected chi connectivity index (χ2v) is 9.41. The van der Waals surface area contributed by atoms with E-state index in [0.29, 0.717) is 23.7 Å². The van der Waals surface area contributed by atoms with Crippen molar-refractivity contribution in [3.05, 3.63) is 64.2 Å². The molecule has 6 heteroatoms. The van der Waals surface area contributed by atoms with E-state index in [-0.39, 0.29) is 24.5 Å². The van der Waals surface area contributed by atoms with Crippen molar-refractivity contribution < 1.29 is 14.3 Å². The van der Waals surface area contributed by atoms with E-state index in [4.69, 9.17) is 16.3 Å². The van der Waals surface area contributed by atoms with E-state index in [9.17, 15) is 9.59 Å². The maximum atomic E-state index is 13.4. The number of rotatable bonds is 9. The molecule has 0 bridgehead atoms. The Bertz CT molecular complexity index is 939. The maximum Gasteiger partial charge on any atom is 0.261 e. The predicted octanol–water partition coefficient (Wildman–Crippen LogP) is 5.59. The van der Waals surface area contributed by atoms with Crippen LogP contribution in [0.2, 0.25) is 5.02 Å². The van der Waals surface area contributed by atoms with Gasteiger partial charge in [-0.1, -0.05) is 62.1 Å². The Balaban J connectivity index is 1.77. The van der Waals surface area contributed by atoms with Crippen molar-refractivity contribution in [2.24, 2.45) is 0 Å². The minimum atomic E-state index is -0.558. The molecule has 2 aromatic rings. The average Bonchev–Trinajstić information content (AvgIpc) is 2.81. The predicted molar refractivity (Wildman–Crippen MR) is 133 cm³/mol. The molecule has 0 saturated heterocycles. The Morgan fingerprint density at radius 1 is 1.09 bits per heavy atom. The molecule has 33 heavy (non-hydrogen) atoms. The highest BCUT2D eigenvalue weighted by molar-refractivity contribution is 6.30. The van der Waals surface area contributed by atoms with Crippen LogP contribution >= 0.6 is 11.6 Å². The Morgan fingerprint density at radius 3 is 2.45 bits per heavy atom. The van der Waals surface area contributed by atoms with Gasteiger partial charge in [-0.05, 0) is 68.0 Å². The normalized spacial score (nSPS) is 15.0. The molecule has 1 N–H and O–H groups in total. The molecule has 1 aliphatic carbocycles. The highest BCUT2D eigenvalue weighted by atomic mass is 35.5. The molecule has 1 aliphatic rings. The van der Waals surface area contributed by atoms with Crippen molar-refractivity contribution in [3.63, 3.8) is 0 Å². The molecule has 3 rings (SSSR count). The van der Waals surface area contributed by atoms with Crippen LogP contribution in [-0.2, 0) is 16.1 Å². The largest absolute Gasteiger partial charge is 0.483 e. The Morgan fingerprint density at radius 2 is 1.79 bits per heavy atom. The molecule has 1 fully saturated rings. The number of amides is 2. The van der Waals surface area contributed by atoms with Gasteiger partial charge < -0.3 is 15.0 Å². The third kappa shape index (κ3) is 7.23. The quantitative estimate of drug-likeness (QED) is 0.519. The second-order valence-electron chi connectivity index (χ2n) is 8.97. The lowest BCUT2D eigenvalue weighted by Gasteiger charge is -2.32.